The number of benzene rings is 1. The SMILES string of the molecule is COc1cccc2c(C)cc(N3CCC4(C3)Cn3c(n[nH]c3=O)CO4)nc12. The normalized spacial score (nSPS) is 21.8. The zero-order valence-corrected chi connectivity index (χ0v) is 15.4. The number of ether oxygens (including phenoxy) is 2. The molecule has 1 fully saturated rings. The number of nitrogens with zero attached hydrogens (tertiary/aromatic N) is 4. The zero-order chi connectivity index (χ0) is 18.6. The van der Waals surface area contributed by atoms with Gasteiger partial charge >= 0.3 is 5.69 Å². The van der Waals surface area contributed by atoms with E-state index in [1.165, 1.54) is 0 Å². The Labute approximate surface area is 155 Å². The van der Waals surface area contributed by atoms with Crippen molar-refractivity contribution in [3.63, 3.8) is 0 Å². The molecule has 4 heterocycles. The van der Waals surface area contributed by atoms with E-state index in [2.05, 4.69) is 34.2 Å². The summed E-state index contributed by atoms with van der Waals surface area (Å²) < 4.78 is 13.3. The predicted octanol–water partition coefficient (Wildman–Crippen LogP) is 1.62. The van der Waals surface area contributed by atoms with E-state index in [-0.39, 0.29) is 11.3 Å². The number of fused-ring (bicyclic) bond motifs is 2. The highest BCUT2D eigenvalue weighted by Crippen LogP contribution is 2.35. The van der Waals surface area contributed by atoms with Crippen LogP contribution < -0.4 is 15.3 Å². The maximum atomic E-state index is 12.0. The third-order valence-electron chi connectivity index (χ3n) is 5.65. The van der Waals surface area contributed by atoms with Gasteiger partial charge in [-0.15, -0.1) is 0 Å². The van der Waals surface area contributed by atoms with Crippen molar-refractivity contribution in [3.8, 4) is 5.75 Å². The molecular weight excluding hydrogens is 346 g/mol. The van der Waals surface area contributed by atoms with Gasteiger partial charge in [-0.2, -0.15) is 5.10 Å². The van der Waals surface area contributed by atoms with Crippen LogP contribution in [0, 0.1) is 6.92 Å². The third-order valence-corrected chi connectivity index (χ3v) is 5.65. The molecule has 0 amide bonds. The average molecular weight is 367 g/mol. The summed E-state index contributed by atoms with van der Waals surface area (Å²) in [5.74, 6) is 2.35. The van der Waals surface area contributed by atoms with Crippen molar-refractivity contribution < 1.29 is 9.47 Å². The molecule has 0 aliphatic carbocycles. The monoisotopic (exact) mass is 367 g/mol. The van der Waals surface area contributed by atoms with E-state index in [0.717, 1.165) is 41.0 Å². The second kappa shape index (κ2) is 5.82. The lowest BCUT2D eigenvalue weighted by Crippen LogP contribution is -2.46. The summed E-state index contributed by atoms with van der Waals surface area (Å²) >= 11 is 0. The lowest BCUT2D eigenvalue weighted by Gasteiger charge is -2.33. The van der Waals surface area contributed by atoms with E-state index >= 15 is 0 Å². The van der Waals surface area contributed by atoms with Crippen LogP contribution in [0.5, 0.6) is 5.75 Å². The fraction of sp³-hybridized carbons (Fsp3) is 0.421. The smallest absolute Gasteiger partial charge is 0.343 e. The van der Waals surface area contributed by atoms with Crippen molar-refractivity contribution in [1.82, 2.24) is 19.7 Å². The molecule has 2 aromatic heterocycles. The molecule has 2 aliphatic heterocycles. The van der Waals surface area contributed by atoms with E-state index in [4.69, 9.17) is 14.5 Å². The summed E-state index contributed by atoms with van der Waals surface area (Å²) in [5.41, 5.74) is 1.48. The highest BCUT2D eigenvalue weighted by atomic mass is 16.5. The number of anilines is 1. The Hall–Kier alpha value is -2.87. The number of H-pyrrole nitrogens is 1. The fourth-order valence-corrected chi connectivity index (χ4v) is 4.16. The van der Waals surface area contributed by atoms with Gasteiger partial charge in [0.25, 0.3) is 0 Å². The minimum atomic E-state index is -0.383. The van der Waals surface area contributed by atoms with Gasteiger partial charge in [0, 0.05) is 11.9 Å². The molecule has 1 atom stereocenters. The van der Waals surface area contributed by atoms with Crippen molar-refractivity contribution in [2.75, 3.05) is 25.1 Å². The van der Waals surface area contributed by atoms with Gasteiger partial charge in [-0.25, -0.2) is 14.9 Å². The van der Waals surface area contributed by atoms with Gasteiger partial charge in [-0.3, -0.25) is 4.57 Å². The van der Waals surface area contributed by atoms with Crippen LogP contribution >= 0.6 is 0 Å². The van der Waals surface area contributed by atoms with Crippen LogP contribution in [0.25, 0.3) is 10.9 Å². The molecule has 1 unspecified atom stereocenters. The third kappa shape index (κ3) is 2.51. The molecule has 27 heavy (non-hydrogen) atoms. The van der Waals surface area contributed by atoms with Gasteiger partial charge in [0.1, 0.15) is 29.3 Å². The van der Waals surface area contributed by atoms with Gasteiger partial charge in [0.05, 0.1) is 20.2 Å². The first-order valence-corrected chi connectivity index (χ1v) is 9.06. The molecule has 0 saturated carbocycles. The molecule has 0 radical (unpaired) electrons. The fourth-order valence-electron chi connectivity index (χ4n) is 4.16. The van der Waals surface area contributed by atoms with Crippen LogP contribution in [-0.2, 0) is 17.9 Å². The molecule has 0 bridgehead atoms. The molecule has 2 aliphatic rings. The topological polar surface area (TPSA) is 85.3 Å². The Morgan fingerprint density at radius 2 is 2.22 bits per heavy atom. The second-order valence-electron chi connectivity index (χ2n) is 7.33. The number of pyridine rings is 1. The molecule has 1 aromatic carbocycles. The van der Waals surface area contributed by atoms with Gasteiger partial charge in [-0.1, -0.05) is 12.1 Å². The van der Waals surface area contributed by atoms with Crippen molar-refractivity contribution in [2.24, 2.45) is 0 Å². The van der Waals surface area contributed by atoms with Crippen molar-refractivity contribution >= 4 is 16.7 Å². The number of nitrogens with one attached hydrogen (secondary N) is 1. The molecule has 8 nitrogen and oxygen atoms in total. The van der Waals surface area contributed by atoms with Crippen LogP contribution in [0.1, 0.15) is 17.8 Å². The van der Waals surface area contributed by atoms with Crippen LogP contribution in [0.2, 0.25) is 0 Å². The van der Waals surface area contributed by atoms with Gasteiger partial charge in [0.2, 0.25) is 0 Å². The standard InChI is InChI=1S/C19H21N5O3/c1-12-8-15(20-17-13(12)4-3-5-14(17)26-2)23-7-6-19(10-23)11-24-16(9-27-19)21-22-18(24)25/h3-5,8H,6-7,9-11H2,1-2H3,(H,22,25). The van der Waals surface area contributed by atoms with Crippen LogP contribution in [0.4, 0.5) is 5.82 Å². The predicted molar refractivity (Wildman–Crippen MR) is 100 cm³/mol. The number of para-hydroxylation sites is 1. The van der Waals surface area contributed by atoms with Gasteiger partial charge < -0.3 is 14.4 Å². The van der Waals surface area contributed by atoms with Crippen LogP contribution in [0.3, 0.4) is 0 Å². The summed E-state index contributed by atoms with van der Waals surface area (Å²) in [5, 5.41) is 7.61. The molecule has 1 N–H and O–H groups in total. The lowest BCUT2D eigenvalue weighted by atomic mass is 10.0. The largest absolute Gasteiger partial charge is 0.494 e. The molecular formula is C19H21N5O3. The van der Waals surface area contributed by atoms with Crippen molar-refractivity contribution in [2.45, 2.75) is 32.1 Å². The first-order chi connectivity index (χ1) is 13.1. The van der Waals surface area contributed by atoms with E-state index in [1.807, 2.05) is 12.1 Å². The maximum Gasteiger partial charge on any atom is 0.343 e. The summed E-state index contributed by atoms with van der Waals surface area (Å²) in [6.07, 6.45) is 0.842. The first kappa shape index (κ1) is 16.3. The van der Waals surface area contributed by atoms with Crippen molar-refractivity contribution in [3.05, 3.63) is 46.1 Å². The van der Waals surface area contributed by atoms with E-state index < -0.39 is 0 Å². The number of aromatic amines is 1. The molecule has 140 valence electrons. The second-order valence-corrected chi connectivity index (χ2v) is 7.33. The van der Waals surface area contributed by atoms with E-state index in [9.17, 15) is 4.79 Å². The summed E-state index contributed by atoms with van der Waals surface area (Å²) in [7, 11) is 1.67. The number of rotatable bonds is 2. The summed E-state index contributed by atoms with van der Waals surface area (Å²) in [6.45, 7) is 4.48. The maximum absolute atomic E-state index is 12.0. The Morgan fingerprint density at radius 1 is 1.33 bits per heavy atom. The number of aromatic nitrogens is 4. The molecule has 5 rings (SSSR count). The lowest BCUT2D eigenvalue weighted by molar-refractivity contribution is -0.0759. The highest BCUT2D eigenvalue weighted by molar-refractivity contribution is 5.88. The quantitative estimate of drug-likeness (QED) is 0.741. The number of hydrogen-bond acceptors (Lipinski definition) is 6. The minimum Gasteiger partial charge on any atom is -0.494 e. The Kier molecular flexibility index (Phi) is 3.51. The van der Waals surface area contributed by atoms with E-state index in [1.54, 1.807) is 11.7 Å². The number of methoxy groups -OCH3 is 1. The summed E-state index contributed by atoms with van der Waals surface area (Å²) in [4.78, 5) is 19.1. The Balaban J connectivity index is 1.49. The number of aryl methyl sites for hydroxylation is 1. The first-order valence-electron chi connectivity index (χ1n) is 9.06. The Bertz CT molecular complexity index is 1090. The van der Waals surface area contributed by atoms with Crippen LogP contribution in [-0.4, -0.2) is 45.5 Å². The van der Waals surface area contributed by atoms with Crippen LogP contribution in [0.15, 0.2) is 29.1 Å². The molecule has 1 saturated heterocycles. The molecule has 1 spiro atoms. The average Bonchev–Trinajstić information content (AvgIpc) is 3.26. The molecule has 3 aromatic rings. The Morgan fingerprint density at radius 3 is 3.07 bits per heavy atom. The van der Waals surface area contributed by atoms with E-state index in [0.29, 0.717) is 25.5 Å². The van der Waals surface area contributed by atoms with Gasteiger partial charge in [-0.05, 0) is 31.0 Å². The molecule has 8 heteroatoms. The number of hydrogen-bond donors (Lipinski definition) is 1. The van der Waals surface area contributed by atoms with Gasteiger partial charge in [0.15, 0.2) is 5.82 Å². The minimum absolute atomic E-state index is 0.171. The highest BCUT2D eigenvalue weighted by Gasteiger charge is 2.43. The summed E-state index contributed by atoms with van der Waals surface area (Å²) in [6, 6.07) is 8.09. The zero-order valence-electron chi connectivity index (χ0n) is 15.4. The van der Waals surface area contributed by atoms with Crippen molar-refractivity contribution in [1.29, 1.82) is 0 Å².